The van der Waals surface area contributed by atoms with E-state index in [0.29, 0.717) is 5.56 Å². The van der Waals surface area contributed by atoms with Gasteiger partial charge in [0.1, 0.15) is 11.3 Å². The van der Waals surface area contributed by atoms with Gasteiger partial charge in [0.2, 0.25) is 0 Å². The fourth-order valence-electron chi connectivity index (χ4n) is 1.85. The molecule has 0 saturated carbocycles. The number of carbonyl (C=O) groups excluding carboxylic acids is 1. The summed E-state index contributed by atoms with van der Waals surface area (Å²) in [5.74, 6) is -1.30. The van der Waals surface area contributed by atoms with Gasteiger partial charge in [-0.05, 0) is 12.1 Å². The summed E-state index contributed by atoms with van der Waals surface area (Å²) in [6, 6.07) is 13.2. The quantitative estimate of drug-likeness (QED) is 0.854. The Bertz CT molecular complexity index is 617. The maximum atomic E-state index is 12.3. The highest BCUT2D eigenvalue weighted by Gasteiger charge is 2.20. The molecule has 0 saturated heterocycles. The van der Waals surface area contributed by atoms with Gasteiger partial charge in [-0.1, -0.05) is 36.4 Å². The van der Waals surface area contributed by atoms with Gasteiger partial charge in [0, 0.05) is 5.56 Å². The van der Waals surface area contributed by atoms with Crippen LogP contribution in [0, 0.1) is 0 Å². The number of benzene rings is 2. The number of rotatable bonds is 4. The van der Waals surface area contributed by atoms with Crippen LogP contribution in [0.4, 0.5) is 0 Å². The van der Waals surface area contributed by atoms with Crippen molar-refractivity contribution in [1.29, 1.82) is 0 Å². The lowest BCUT2D eigenvalue weighted by atomic mass is 10.00. The van der Waals surface area contributed by atoms with Crippen LogP contribution in [0.25, 0.3) is 0 Å². The Kier molecular flexibility index (Phi) is 3.61. The van der Waals surface area contributed by atoms with Crippen LogP contribution in [0.3, 0.4) is 0 Å². The smallest absolute Gasteiger partial charge is 0.339 e. The summed E-state index contributed by atoms with van der Waals surface area (Å²) in [4.78, 5) is 23.4. The van der Waals surface area contributed by atoms with Crippen molar-refractivity contribution in [3.8, 4) is 5.75 Å². The Balaban J connectivity index is 2.54. The molecule has 0 radical (unpaired) electrons. The van der Waals surface area contributed by atoms with Crippen LogP contribution in [-0.2, 0) is 0 Å². The van der Waals surface area contributed by atoms with E-state index in [4.69, 9.17) is 9.84 Å². The predicted octanol–water partition coefficient (Wildman–Crippen LogP) is 2.62. The van der Waals surface area contributed by atoms with Gasteiger partial charge in [0.05, 0.1) is 12.7 Å². The third-order valence-corrected chi connectivity index (χ3v) is 2.73. The summed E-state index contributed by atoms with van der Waals surface area (Å²) in [5, 5.41) is 9.08. The second-order valence-electron chi connectivity index (χ2n) is 3.89. The standard InChI is InChI=1S/C15H12O4/c1-19-14-11(8-5-9-12(14)15(17)18)13(16)10-6-3-2-4-7-10/h2-9H,1H3,(H,17,18). The summed E-state index contributed by atoms with van der Waals surface area (Å²) < 4.78 is 5.08. The summed E-state index contributed by atoms with van der Waals surface area (Å²) >= 11 is 0. The van der Waals surface area contributed by atoms with E-state index in [2.05, 4.69) is 0 Å². The van der Waals surface area contributed by atoms with Crippen LogP contribution in [-0.4, -0.2) is 24.0 Å². The van der Waals surface area contributed by atoms with Crippen molar-refractivity contribution in [1.82, 2.24) is 0 Å². The number of aromatic carboxylic acids is 1. The zero-order valence-electron chi connectivity index (χ0n) is 10.3. The molecule has 19 heavy (non-hydrogen) atoms. The number of ether oxygens (including phenoxy) is 1. The van der Waals surface area contributed by atoms with Gasteiger partial charge >= 0.3 is 5.97 Å². The number of ketones is 1. The lowest BCUT2D eigenvalue weighted by Gasteiger charge is -2.10. The molecule has 2 aromatic carbocycles. The molecule has 0 fully saturated rings. The number of carboxylic acids is 1. The molecule has 96 valence electrons. The first-order valence-corrected chi connectivity index (χ1v) is 5.65. The first-order valence-electron chi connectivity index (χ1n) is 5.65. The Morgan fingerprint density at radius 2 is 1.58 bits per heavy atom. The Morgan fingerprint density at radius 3 is 2.16 bits per heavy atom. The number of carboxylic acid groups (broad SMARTS) is 1. The highest BCUT2D eigenvalue weighted by molar-refractivity contribution is 6.12. The SMILES string of the molecule is COc1c(C(=O)O)cccc1C(=O)c1ccccc1. The molecule has 4 heteroatoms. The largest absolute Gasteiger partial charge is 0.495 e. The van der Waals surface area contributed by atoms with Crippen LogP contribution in [0.2, 0.25) is 0 Å². The van der Waals surface area contributed by atoms with Crippen LogP contribution in [0.1, 0.15) is 26.3 Å². The van der Waals surface area contributed by atoms with Crippen molar-refractivity contribution >= 4 is 11.8 Å². The minimum absolute atomic E-state index is 0.0238. The molecular weight excluding hydrogens is 244 g/mol. The number of methoxy groups -OCH3 is 1. The van der Waals surface area contributed by atoms with E-state index in [1.807, 2.05) is 6.07 Å². The molecule has 0 amide bonds. The summed E-state index contributed by atoms with van der Waals surface area (Å²) in [5.41, 5.74) is 0.709. The number of hydrogen-bond acceptors (Lipinski definition) is 3. The van der Waals surface area contributed by atoms with Gasteiger partial charge in [-0.3, -0.25) is 4.79 Å². The minimum atomic E-state index is -1.13. The normalized spacial score (nSPS) is 9.95. The van der Waals surface area contributed by atoms with Crippen LogP contribution in [0.5, 0.6) is 5.75 Å². The Hall–Kier alpha value is -2.62. The first kappa shape index (κ1) is 12.8. The van der Waals surface area contributed by atoms with Crippen LogP contribution >= 0.6 is 0 Å². The minimum Gasteiger partial charge on any atom is -0.495 e. The summed E-state index contributed by atoms with van der Waals surface area (Å²) in [6.45, 7) is 0. The average Bonchev–Trinajstić information content (AvgIpc) is 2.46. The van der Waals surface area contributed by atoms with Gasteiger partial charge in [0.25, 0.3) is 0 Å². The second-order valence-corrected chi connectivity index (χ2v) is 3.89. The Labute approximate surface area is 110 Å². The molecule has 0 bridgehead atoms. The molecule has 1 N–H and O–H groups in total. The molecule has 0 aliphatic heterocycles. The maximum Gasteiger partial charge on any atom is 0.339 e. The van der Waals surface area contributed by atoms with Gasteiger partial charge in [-0.2, -0.15) is 0 Å². The first-order chi connectivity index (χ1) is 9.15. The maximum absolute atomic E-state index is 12.3. The van der Waals surface area contributed by atoms with Crippen molar-refractivity contribution in [2.45, 2.75) is 0 Å². The average molecular weight is 256 g/mol. The van der Waals surface area contributed by atoms with Crippen molar-refractivity contribution < 1.29 is 19.4 Å². The number of carbonyl (C=O) groups is 2. The molecule has 0 unspecified atom stereocenters. The fourth-order valence-corrected chi connectivity index (χ4v) is 1.85. The number of hydrogen-bond donors (Lipinski definition) is 1. The van der Waals surface area contributed by atoms with Crippen molar-refractivity contribution in [2.75, 3.05) is 7.11 Å². The molecule has 0 aromatic heterocycles. The fraction of sp³-hybridized carbons (Fsp3) is 0.0667. The Morgan fingerprint density at radius 1 is 0.947 bits per heavy atom. The van der Waals surface area contributed by atoms with E-state index in [0.717, 1.165) is 0 Å². The van der Waals surface area contributed by atoms with E-state index in [1.54, 1.807) is 30.3 Å². The highest BCUT2D eigenvalue weighted by atomic mass is 16.5. The van der Waals surface area contributed by atoms with E-state index >= 15 is 0 Å². The van der Waals surface area contributed by atoms with Crippen molar-refractivity contribution in [3.63, 3.8) is 0 Å². The van der Waals surface area contributed by atoms with Crippen LogP contribution in [0.15, 0.2) is 48.5 Å². The topological polar surface area (TPSA) is 63.6 Å². The van der Waals surface area contributed by atoms with E-state index in [1.165, 1.54) is 19.2 Å². The summed E-state index contributed by atoms with van der Waals surface area (Å²) in [6.07, 6.45) is 0. The molecule has 0 spiro atoms. The van der Waals surface area contributed by atoms with E-state index in [9.17, 15) is 9.59 Å². The van der Waals surface area contributed by atoms with Gasteiger partial charge in [-0.25, -0.2) is 4.79 Å². The third kappa shape index (κ3) is 2.47. The molecule has 0 aliphatic rings. The predicted molar refractivity (Wildman–Crippen MR) is 69.8 cm³/mol. The lowest BCUT2D eigenvalue weighted by Crippen LogP contribution is -2.08. The van der Waals surface area contributed by atoms with Crippen molar-refractivity contribution in [2.24, 2.45) is 0 Å². The highest BCUT2D eigenvalue weighted by Crippen LogP contribution is 2.26. The second kappa shape index (κ2) is 5.35. The van der Waals surface area contributed by atoms with E-state index in [-0.39, 0.29) is 22.7 Å². The molecule has 0 atom stereocenters. The zero-order chi connectivity index (χ0) is 13.8. The van der Waals surface area contributed by atoms with Crippen LogP contribution < -0.4 is 4.74 Å². The molecule has 0 heterocycles. The molecule has 0 aliphatic carbocycles. The van der Waals surface area contributed by atoms with E-state index < -0.39 is 5.97 Å². The zero-order valence-corrected chi connectivity index (χ0v) is 10.3. The molecule has 2 aromatic rings. The monoisotopic (exact) mass is 256 g/mol. The summed E-state index contributed by atoms with van der Waals surface area (Å²) in [7, 11) is 1.35. The molecule has 4 nitrogen and oxygen atoms in total. The lowest BCUT2D eigenvalue weighted by molar-refractivity contribution is 0.0693. The van der Waals surface area contributed by atoms with Gasteiger partial charge in [-0.15, -0.1) is 0 Å². The van der Waals surface area contributed by atoms with Gasteiger partial charge in [0.15, 0.2) is 5.78 Å². The molecular formula is C15H12O4. The van der Waals surface area contributed by atoms with Gasteiger partial charge < -0.3 is 9.84 Å². The third-order valence-electron chi connectivity index (χ3n) is 2.73. The number of para-hydroxylation sites is 1. The molecule has 2 rings (SSSR count). The van der Waals surface area contributed by atoms with Crippen molar-refractivity contribution in [3.05, 3.63) is 65.2 Å².